The van der Waals surface area contributed by atoms with E-state index in [9.17, 15) is 9.18 Å². The minimum absolute atomic E-state index is 0.0641. The number of hydrogen-bond donors (Lipinski definition) is 2. The monoisotopic (exact) mass is 279 g/mol. The van der Waals surface area contributed by atoms with Crippen LogP contribution in [0.2, 0.25) is 5.15 Å². The first-order chi connectivity index (χ1) is 8.97. The van der Waals surface area contributed by atoms with Crippen LogP contribution in [-0.4, -0.2) is 10.9 Å². The van der Waals surface area contributed by atoms with E-state index in [-0.39, 0.29) is 16.4 Å². The molecular formula is C13H11ClFN3O. The number of nitrogens with zero attached hydrogens (tertiary/aromatic N) is 1. The van der Waals surface area contributed by atoms with E-state index in [0.29, 0.717) is 5.69 Å². The summed E-state index contributed by atoms with van der Waals surface area (Å²) in [7, 11) is 0. The fourth-order valence-electron chi connectivity index (χ4n) is 1.57. The first kappa shape index (κ1) is 13.3. The van der Waals surface area contributed by atoms with E-state index in [1.807, 2.05) is 6.92 Å². The van der Waals surface area contributed by atoms with Gasteiger partial charge in [-0.05, 0) is 36.8 Å². The van der Waals surface area contributed by atoms with Crippen LogP contribution in [0, 0.1) is 12.7 Å². The molecular weight excluding hydrogens is 269 g/mol. The second-order valence-corrected chi connectivity index (χ2v) is 4.39. The molecule has 0 saturated heterocycles. The first-order valence-electron chi connectivity index (χ1n) is 5.46. The van der Waals surface area contributed by atoms with Crippen molar-refractivity contribution >= 4 is 28.9 Å². The Hall–Kier alpha value is -2.14. The highest BCUT2D eigenvalue weighted by atomic mass is 35.5. The number of nitrogens with two attached hydrogens (primary N) is 1. The zero-order valence-corrected chi connectivity index (χ0v) is 10.8. The first-order valence-corrected chi connectivity index (χ1v) is 5.83. The van der Waals surface area contributed by atoms with Gasteiger partial charge in [0.05, 0.1) is 11.3 Å². The van der Waals surface area contributed by atoms with Gasteiger partial charge < -0.3 is 11.1 Å². The van der Waals surface area contributed by atoms with Crippen LogP contribution >= 0.6 is 11.6 Å². The number of aromatic nitrogens is 1. The molecule has 3 N–H and O–H groups in total. The van der Waals surface area contributed by atoms with Gasteiger partial charge in [-0.25, -0.2) is 9.37 Å². The quantitative estimate of drug-likeness (QED) is 0.656. The summed E-state index contributed by atoms with van der Waals surface area (Å²) in [6.07, 6.45) is 1.59. The number of carbonyl (C=O) groups is 1. The molecule has 0 aliphatic heterocycles. The molecule has 0 bridgehead atoms. The molecule has 98 valence electrons. The minimum atomic E-state index is -0.496. The largest absolute Gasteiger partial charge is 0.398 e. The van der Waals surface area contributed by atoms with Crippen molar-refractivity contribution in [3.05, 3.63) is 52.6 Å². The lowest BCUT2D eigenvalue weighted by Crippen LogP contribution is -2.14. The van der Waals surface area contributed by atoms with Crippen molar-refractivity contribution in [3.63, 3.8) is 0 Å². The van der Waals surface area contributed by atoms with Gasteiger partial charge in [0.25, 0.3) is 5.91 Å². The smallest absolute Gasteiger partial charge is 0.257 e. The summed E-state index contributed by atoms with van der Waals surface area (Å²) in [5.41, 5.74) is 7.08. The molecule has 2 rings (SSSR count). The van der Waals surface area contributed by atoms with Crippen molar-refractivity contribution in [1.29, 1.82) is 0 Å². The molecule has 1 heterocycles. The number of nitrogen functional groups attached to an aromatic ring is 1. The molecule has 1 amide bonds. The van der Waals surface area contributed by atoms with Gasteiger partial charge in [0.1, 0.15) is 5.82 Å². The van der Waals surface area contributed by atoms with Crippen LogP contribution in [0.25, 0.3) is 0 Å². The minimum Gasteiger partial charge on any atom is -0.398 e. The molecule has 1 aromatic carbocycles. The van der Waals surface area contributed by atoms with Gasteiger partial charge in [0.15, 0.2) is 5.15 Å². The molecule has 0 saturated carbocycles. The van der Waals surface area contributed by atoms with Crippen LogP contribution in [0.5, 0.6) is 0 Å². The number of nitrogens with one attached hydrogen (secondary N) is 1. The van der Waals surface area contributed by atoms with E-state index in [2.05, 4.69) is 10.3 Å². The Morgan fingerprint density at radius 3 is 2.84 bits per heavy atom. The highest BCUT2D eigenvalue weighted by Crippen LogP contribution is 2.22. The molecule has 0 spiro atoms. The standard InChI is InChI=1S/C13H11ClFN3O/c1-7-4-11(12(14)17-6-7)18-13(19)9-3-2-8(15)5-10(9)16/h2-6H,16H2,1H3,(H,18,19). The van der Waals surface area contributed by atoms with Gasteiger partial charge >= 0.3 is 0 Å². The Labute approximate surface area is 114 Å². The maximum atomic E-state index is 12.9. The number of aryl methyl sites for hydroxylation is 1. The maximum absolute atomic E-state index is 12.9. The fourth-order valence-corrected chi connectivity index (χ4v) is 1.72. The average Bonchev–Trinajstić information content (AvgIpc) is 2.33. The fraction of sp³-hybridized carbons (Fsp3) is 0.0769. The van der Waals surface area contributed by atoms with Crippen LogP contribution in [0.3, 0.4) is 0 Å². The van der Waals surface area contributed by atoms with E-state index < -0.39 is 11.7 Å². The molecule has 1 aromatic heterocycles. The van der Waals surface area contributed by atoms with Crippen molar-refractivity contribution in [2.45, 2.75) is 6.92 Å². The number of amides is 1. The Kier molecular flexibility index (Phi) is 3.66. The predicted molar refractivity (Wildman–Crippen MR) is 72.7 cm³/mol. The normalized spacial score (nSPS) is 10.3. The molecule has 19 heavy (non-hydrogen) atoms. The number of pyridine rings is 1. The van der Waals surface area contributed by atoms with Gasteiger partial charge in [0, 0.05) is 11.9 Å². The van der Waals surface area contributed by atoms with E-state index in [0.717, 1.165) is 11.6 Å². The molecule has 2 aromatic rings. The van der Waals surface area contributed by atoms with Crippen LogP contribution in [0.1, 0.15) is 15.9 Å². The number of hydrogen-bond acceptors (Lipinski definition) is 3. The van der Waals surface area contributed by atoms with Crippen molar-refractivity contribution in [3.8, 4) is 0 Å². The van der Waals surface area contributed by atoms with Crippen LogP contribution in [-0.2, 0) is 0 Å². The lowest BCUT2D eigenvalue weighted by molar-refractivity contribution is 0.102. The van der Waals surface area contributed by atoms with Crippen LogP contribution < -0.4 is 11.1 Å². The Bertz CT molecular complexity index is 646. The molecule has 0 unspecified atom stereocenters. The van der Waals surface area contributed by atoms with Gasteiger partial charge in [-0.1, -0.05) is 11.6 Å². The zero-order chi connectivity index (χ0) is 14.0. The van der Waals surface area contributed by atoms with E-state index in [4.69, 9.17) is 17.3 Å². The number of benzene rings is 1. The second-order valence-electron chi connectivity index (χ2n) is 4.04. The van der Waals surface area contributed by atoms with Gasteiger partial charge in [-0.15, -0.1) is 0 Å². The lowest BCUT2D eigenvalue weighted by Gasteiger charge is -2.09. The third-order valence-electron chi connectivity index (χ3n) is 2.48. The number of rotatable bonds is 2. The summed E-state index contributed by atoms with van der Waals surface area (Å²) < 4.78 is 12.9. The third kappa shape index (κ3) is 3.00. The number of carbonyl (C=O) groups excluding carboxylic acids is 1. The van der Waals surface area contributed by atoms with Crippen molar-refractivity contribution in [2.75, 3.05) is 11.1 Å². The molecule has 0 fully saturated rings. The average molecular weight is 280 g/mol. The topological polar surface area (TPSA) is 68.0 Å². The molecule has 0 aliphatic carbocycles. The number of halogens is 2. The maximum Gasteiger partial charge on any atom is 0.257 e. The lowest BCUT2D eigenvalue weighted by atomic mass is 10.1. The molecule has 0 aliphatic rings. The Balaban J connectivity index is 2.28. The van der Waals surface area contributed by atoms with E-state index in [1.54, 1.807) is 12.3 Å². The summed E-state index contributed by atoms with van der Waals surface area (Å²) in [6.45, 7) is 1.82. The molecule has 0 atom stereocenters. The SMILES string of the molecule is Cc1cnc(Cl)c(NC(=O)c2ccc(F)cc2N)c1. The highest BCUT2D eigenvalue weighted by Gasteiger charge is 2.12. The summed E-state index contributed by atoms with van der Waals surface area (Å²) in [6, 6.07) is 5.26. The zero-order valence-electron chi connectivity index (χ0n) is 10.1. The van der Waals surface area contributed by atoms with Crippen molar-refractivity contribution < 1.29 is 9.18 Å². The Morgan fingerprint density at radius 1 is 1.42 bits per heavy atom. The highest BCUT2D eigenvalue weighted by molar-refractivity contribution is 6.32. The molecule has 4 nitrogen and oxygen atoms in total. The van der Waals surface area contributed by atoms with Gasteiger partial charge in [-0.2, -0.15) is 0 Å². The predicted octanol–water partition coefficient (Wildman–Crippen LogP) is 3.02. The second kappa shape index (κ2) is 5.24. The summed E-state index contributed by atoms with van der Waals surface area (Å²) in [5, 5.41) is 2.77. The van der Waals surface area contributed by atoms with E-state index in [1.165, 1.54) is 12.1 Å². The molecule has 0 radical (unpaired) electrons. The van der Waals surface area contributed by atoms with Gasteiger partial charge in [-0.3, -0.25) is 4.79 Å². The van der Waals surface area contributed by atoms with Crippen molar-refractivity contribution in [2.24, 2.45) is 0 Å². The molecule has 6 heteroatoms. The summed E-state index contributed by atoms with van der Waals surface area (Å²) >= 11 is 5.88. The van der Waals surface area contributed by atoms with E-state index >= 15 is 0 Å². The van der Waals surface area contributed by atoms with Crippen LogP contribution in [0.15, 0.2) is 30.5 Å². The van der Waals surface area contributed by atoms with Crippen LogP contribution in [0.4, 0.5) is 15.8 Å². The summed E-state index contributed by atoms with van der Waals surface area (Å²) in [5.74, 6) is -0.962. The third-order valence-corrected chi connectivity index (χ3v) is 2.78. The van der Waals surface area contributed by atoms with Crippen molar-refractivity contribution in [1.82, 2.24) is 4.98 Å². The number of anilines is 2. The van der Waals surface area contributed by atoms with Gasteiger partial charge in [0.2, 0.25) is 0 Å². The Morgan fingerprint density at radius 2 is 2.16 bits per heavy atom. The summed E-state index contributed by atoms with van der Waals surface area (Å²) in [4.78, 5) is 15.9.